The number of piperazine rings is 1. The van der Waals surface area contributed by atoms with Crippen LogP contribution >= 0.6 is 0 Å². The third kappa shape index (κ3) is 6.57. The summed E-state index contributed by atoms with van der Waals surface area (Å²) in [5.74, 6) is 0.998. The average Bonchev–Trinajstić information content (AvgIpc) is 3.02. The molecule has 3 amide bonds. The number of nitrogens with zero attached hydrogens (tertiary/aromatic N) is 3. The van der Waals surface area contributed by atoms with Crippen LogP contribution in [0.3, 0.4) is 0 Å². The Balaban J connectivity index is 1.12. The molecule has 9 nitrogen and oxygen atoms in total. The number of amides is 3. The Morgan fingerprint density at radius 2 is 1.63 bits per heavy atom. The van der Waals surface area contributed by atoms with E-state index in [4.69, 9.17) is 15.5 Å². The van der Waals surface area contributed by atoms with E-state index in [0.717, 1.165) is 61.0 Å². The lowest BCUT2D eigenvalue weighted by Crippen LogP contribution is -2.46. The van der Waals surface area contributed by atoms with E-state index in [0.29, 0.717) is 29.8 Å². The second kappa shape index (κ2) is 12.5. The number of rotatable bonds is 8. The van der Waals surface area contributed by atoms with E-state index in [1.165, 1.54) is 0 Å². The van der Waals surface area contributed by atoms with E-state index in [1.807, 2.05) is 72.8 Å². The predicted molar refractivity (Wildman–Crippen MR) is 164 cm³/mol. The van der Waals surface area contributed by atoms with Crippen molar-refractivity contribution in [2.75, 3.05) is 31.1 Å². The van der Waals surface area contributed by atoms with Crippen molar-refractivity contribution < 1.29 is 19.1 Å². The van der Waals surface area contributed by atoms with Gasteiger partial charge < -0.3 is 15.4 Å². The van der Waals surface area contributed by atoms with Crippen LogP contribution in [0.2, 0.25) is 0 Å². The van der Waals surface area contributed by atoms with E-state index in [2.05, 4.69) is 27.2 Å². The smallest absolute Gasteiger partial charge is 0.250 e. The first kappa shape index (κ1) is 28.1. The monoisotopic (exact) mass is 575 g/mol. The summed E-state index contributed by atoms with van der Waals surface area (Å²) < 4.78 is 5.91. The second-order valence-electron chi connectivity index (χ2n) is 10.9. The standard InChI is InChI=1S/C34H33N5O4/c35-33(41)29-13-15-30(36-32(29)24-9-11-27(12-10-24)43-26-7-2-1-3-8-26)39-19-17-38(18-20-39)22-23-5-4-6-25(21-23)28-14-16-31(40)37-34(28)42/h1-13,15,21,28H,14,16-20,22H2,(H2,35,41)(H,37,40,42). The Morgan fingerprint density at radius 1 is 0.884 bits per heavy atom. The van der Waals surface area contributed by atoms with Gasteiger partial charge >= 0.3 is 0 Å². The Labute approximate surface area is 250 Å². The molecule has 218 valence electrons. The molecule has 1 unspecified atom stereocenters. The van der Waals surface area contributed by atoms with Gasteiger partial charge in [-0.1, -0.05) is 42.5 Å². The average molecular weight is 576 g/mol. The molecule has 2 aliphatic rings. The van der Waals surface area contributed by atoms with Crippen LogP contribution < -0.4 is 20.7 Å². The highest BCUT2D eigenvalue weighted by molar-refractivity contribution is 6.01. The number of carbonyl (C=O) groups excluding carboxylic acids is 3. The third-order valence-electron chi connectivity index (χ3n) is 7.95. The van der Waals surface area contributed by atoms with Crippen molar-refractivity contribution in [3.05, 3.63) is 108 Å². The van der Waals surface area contributed by atoms with Crippen LogP contribution in [0.5, 0.6) is 11.5 Å². The van der Waals surface area contributed by atoms with Crippen LogP contribution in [0.25, 0.3) is 11.3 Å². The number of nitrogens with two attached hydrogens (primary N) is 1. The van der Waals surface area contributed by atoms with Crippen LogP contribution in [-0.2, 0) is 16.1 Å². The van der Waals surface area contributed by atoms with Gasteiger partial charge in [0.2, 0.25) is 11.8 Å². The summed E-state index contributed by atoms with van der Waals surface area (Å²) >= 11 is 0. The van der Waals surface area contributed by atoms with Crippen molar-refractivity contribution >= 4 is 23.5 Å². The number of carbonyl (C=O) groups is 3. The summed E-state index contributed by atoms with van der Waals surface area (Å²) in [7, 11) is 0. The molecule has 3 N–H and O–H groups in total. The quantitative estimate of drug-likeness (QED) is 0.298. The Kier molecular flexibility index (Phi) is 8.15. The maximum atomic E-state index is 12.3. The number of hydrogen-bond acceptors (Lipinski definition) is 7. The molecule has 2 aliphatic heterocycles. The summed E-state index contributed by atoms with van der Waals surface area (Å²) in [6, 6.07) is 28.7. The molecule has 0 spiro atoms. The Hall–Kier alpha value is -5.02. The summed E-state index contributed by atoms with van der Waals surface area (Å²) in [5, 5.41) is 2.45. The molecule has 6 rings (SSSR count). The highest BCUT2D eigenvalue weighted by Gasteiger charge is 2.28. The largest absolute Gasteiger partial charge is 0.457 e. The lowest BCUT2D eigenvalue weighted by atomic mass is 9.89. The molecule has 3 aromatic carbocycles. The molecule has 0 saturated carbocycles. The number of benzene rings is 3. The number of para-hydroxylation sites is 1. The summed E-state index contributed by atoms with van der Waals surface area (Å²) in [4.78, 5) is 45.6. The first-order chi connectivity index (χ1) is 20.9. The van der Waals surface area contributed by atoms with E-state index in [9.17, 15) is 14.4 Å². The molecule has 43 heavy (non-hydrogen) atoms. The lowest BCUT2D eigenvalue weighted by Gasteiger charge is -2.35. The van der Waals surface area contributed by atoms with Crippen molar-refractivity contribution in [1.82, 2.24) is 15.2 Å². The molecular weight excluding hydrogens is 542 g/mol. The van der Waals surface area contributed by atoms with Gasteiger partial charge in [-0.05, 0) is 66.1 Å². The zero-order valence-corrected chi connectivity index (χ0v) is 23.7. The van der Waals surface area contributed by atoms with Gasteiger partial charge in [-0.25, -0.2) is 4.98 Å². The van der Waals surface area contributed by atoms with Crippen molar-refractivity contribution in [3.63, 3.8) is 0 Å². The predicted octanol–water partition coefficient (Wildman–Crippen LogP) is 4.48. The molecule has 0 bridgehead atoms. The fourth-order valence-corrected chi connectivity index (χ4v) is 5.66. The summed E-state index contributed by atoms with van der Waals surface area (Å²) in [6.45, 7) is 4.00. The highest BCUT2D eigenvalue weighted by atomic mass is 16.5. The van der Waals surface area contributed by atoms with Gasteiger partial charge in [0.05, 0.1) is 17.2 Å². The number of pyridine rings is 1. The first-order valence-electron chi connectivity index (χ1n) is 14.5. The number of hydrogen-bond donors (Lipinski definition) is 2. The van der Waals surface area contributed by atoms with Gasteiger partial charge in [0.25, 0.3) is 5.91 Å². The Morgan fingerprint density at radius 3 is 2.35 bits per heavy atom. The maximum Gasteiger partial charge on any atom is 0.250 e. The highest BCUT2D eigenvalue weighted by Crippen LogP contribution is 2.30. The van der Waals surface area contributed by atoms with E-state index in [1.54, 1.807) is 6.07 Å². The summed E-state index contributed by atoms with van der Waals surface area (Å²) in [5.41, 5.74) is 9.50. The molecule has 2 saturated heterocycles. The van der Waals surface area contributed by atoms with Crippen molar-refractivity contribution in [2.45, 2.75) is 25.3 Å². The molecule has 1 atom stereocenters. The number of anilines is 1. The molecule has 4 aromatic rings. The SMILES string of the molecule is NC(=O)c1ccc(N2CCN(Cc3cccc(C4CCC(=O)NC4=O)c3)CC2)nc1-c1ccc(Oc2ccccc2)cc1. The Bertz CT molecular complexity index is 1630. The number of primary amides is 1. The van der Waals surface area contributed by atoms with Crippen molar-refractivity contribution in [1.29, 1.82) is 0 Å². The van der Waals surface area contributed by atoms with Crippen LogP contribution in [0.4, 0.5) is 5.82 Å². The fraction of sp³-hybridized carbons (Fsp3) is 0.235. The number of imide groups is 1. The van der Waals surface area contributed by atoms with Gasteiger partial charge in [0.1, 0.15) is 17.3 Å². The van der Waals surface area contributed by atoms with Crippen molar-refractivity contribution in [2.24, 2.45) is 5.73 Å². The number of aromatic nitrogens is 1. The maximum absolute atomic E-state index is 12.3. The van der Waals surface area contributed by atoms with Crippen LogP contribution in [0.1, 0.15) is 40.2 Å². The minimum Gasteiger partial charge on any atom is -0.457 e. The van der Waals surface area contributed by atoms with Gasteiger partial charge in [0.15, 0.2) is 0 Å². The van der Waals surface area contributed by atoms with Crippen LogP contribution in [0.15, 0.2) is 91.0 Å². The molecule has 0 aliphatic carbocycles. The van der Waals surface area contributed by atoms with Crippen LogP contribution in [0, 0.1) is 0 Å². The first-order valence-corrected chi connectivity index (χ1v) is 14.5. The van der Waals surface area contributed by atoms with Gasteiger partial charge in [0, 0.05) is 44.7 Å². The molecule has 9 heteroatoms. The molecular formula is C34H33N5O4. The molecule has 1 aromatic heterocycles. The fourth-order valence-electron chi connectivity index (χ4n) is 5.66. The van der Waals surface area contributed by atoms with Gasteiger partial charge in [-0.3, -0.25) is 24.6 Å². The molecule has 2 fully saturated rings. The zero-order valence-electron chi connectivity index (χ0n) is 23.7. The van der Waals surface area contributed by atoms with Gasteiger partial charge in [-0.15, -0.1) is 0 Å². The minimum atomic E-state index is -0.525. The second-order valence-corrected chi connectivity index (χ2v) is 10.9. The molecule has 0 radical (unpaired) electrons. The van der Waals surface area contributed by atoms with E-state index in [-0.39, 0.29) is 17.7 Å². The zero-order chi connectivity index (χ0) is 29.8. The number of piperidine rings is 1. The third-order valence-corrected chi connectivity index (χ3v) is 7.95. The topological polar surface area (TPSA) is 118 Å². The number of nitrogens with one attached hydrogen (secondary N) is 1. The van der Waals surface area contributed by atoms with Crippen molar-refractivity contribution in [3.8, 4) is 22.8 Å². The van der Waals surface area contributed by atoms with Gasteiger partial charge in [-0.2, -0.15) is 0 Å². The van der Waals surface area contributed by atoms with E-state index < -0.39 is 5.91 Å². The minimum absolute atomic E-state index is 0.201. The molecule has 3 heterocycles. The number of ether oxygens (including phenoxy) is 1. The van der Waals surface area contributed by atoms with Crippen LogP contribution in [-0.4, -0.2) is 53.8 Å². The summed E-state index contributed by atoms with van der Waals surface area (Å²) in [6.07, 6.45) is 0.911. The normalized spacial score (nSPS) is 17.4. The van der Waals surface area contributed by atoms with E-state index >= 15 is 0 Å². The lowest BCUT2D eigenvalue weighted by molar-refractivity contribution is -0.134.